The second kappa shape index (κ2) is 6.10. The van der Waals surface area contributed by atoms with Crippen LogP contribution in [-0.4, -0.2) is 38.7 Å². The van der Waals surface area contributed by atoms with E-state index in [0.717, 1.165) is 5.69 Å². The topological polar surface area (TPSA) is 108 Å². The summed E-state index contributed by atoms with van der Waals surface area (Å²) in [5.41, 5.74) is 0.795. The van der Waals surface area contributed by atoms with Crippen LogP contribution < -0.4 is 5.32 Å². The smallest absolute Gasteiger partial charge is 0.355 e. The van der Waals surface area contributed by atoms with Crippen LogP contribution >= 0.6 is 11.3 Å². The average Bonchev–Trinajstić information content (AvgIpc) is 3.00. The van der Waals surface area contributed by atoms with Gasteiger partial charge in [0.15, 0.2) is 5.69 Å². The van der Waals surface area contributed by atoms with Gasteiger partial charge in [-0.2, -0.15) is 5.10 Å². The first-order valence-electron chi connectivity index (χ1n) is 5.58. The van der Waals surface area contributed by atoms with Gasteiger partial charge in [-0.3, -0.25) is 9.89 Å². The molecule has 7 nitrogen and oxygen atoms in total. The summed E-state index contributed by atoms with van der Waals surface area (Å²) in [6.07, 6.45) is 2.36. The Morgan fingerprint density at radius 3 is 2.95 bits per heavy atom. The normalized spacial score (nSPS) is 10.3. The highest BCUT2D eigenvalue weighted by molar-refractivity contribution is 7.09. The van der Waals surface area contributed by atoms with E-state index in [1.807, 2.05) is 0 Å². The number of amides is 1. The fourth-order valence-electron chi connectivity index (χ4n) is 1.45. The van der Waals surface area contributed by atoms with Crippen molar-refractivity contribution in [3.8, 4) is 0 Å². The van der Waals surface area contributed by atoms with E-state index in [1.165, 1.54) is 16.7 Å². The number of carbonyl (C=O) groups is 2. The molecule has 0 saturated heterocycles. The number of aromatic amines is 1. The molecule has 2 heterocycles. The summed E-state index contributed by atoms with van der Waals surface area (Å²) in [4.78, 5) is 26.1. The number of H-pyrrole nitrogens is 1. The zero-order chi connectivity index (χ0) is 13.7. The molecule has 0 atom stereocenters. The Balaban J connectivity index is 1.73. The molecule has 0 bridgehead atoms. The molecule has 3 N–H and O–H groups in total. The molecule has 0 aliphatic rings. The molecular weight excluding hydrogens is 268 g/mol. The number of aromatic carboxylic acids is 1. The number of hydrogen-bond donors (Lipinski definition) is 3. The summed E-state index contributed by atoms with van der Waals surface area (Å²) in [6, 6.07) is 1.74. The van der Waals surface area contributed by atoms with Gasteiger partial charge in [-0.1, -0.05) is 0 Å². The number of rotatable bonds is 6. The Bertz CT molecular complexity index is 564. The van der Waals surface area contributed by atoms with Gasteiger partial charge in [0.1, 0.15) is 0 Å². The zero-order valence-electron chi connectivity index (χ0n) is 9.92. The van der Waals surface area contributed by atoms with E-state index in [-0.39, 0.29) is 18.0 Å². The number of nitrogens with zero attached hydrogens (tertiary/aromatic N) is 2. The highest BCUT2D eigenvalue weighted by atomic mass is 32.1. The highest BCUT2D eigenvalue weighted by Gasteiger charge is 2.09. The summed E-state index contributed by atoms with van der Waals surface area (Å²) < 4.78 is 0. The van der Waals surface area contributed by atoms with Gasteiger partial charge in [0.05, 0.1) is 11.4 Å². The van der Waals surface area contributed by atoms with Crippen molar-refractivity contribution in [3.63, 3.8) is 0 Å². The van der Waals surface area contributed by atoms with E-state index in [1.54, 1.807) is 12.3 Å². The number of carbonyl (C=O) groups excluding carboxylic acids is 1. The van der Waals surface area contributed by atoms with Gasteiger partial charge in [-0.05, 0) is 6.07 Å². The summed E-state index contributed by atoms with van der Waals surface area (Å²) >= 11 is 1.28. The molecule has 1 amide bonds. The van der Waals surface area contributed by atoms with Crippen LogP contribution in [0.1, 0.15) is 21.2 Å². The maximum atomic E-state index is 11.5. The van der Waals surface area contributed by atoms with E-state index in [4.69, 9.17) is 5.11 Å². The fourth-order valence-corrected chi connectivity index (χ4v) is 2.22. The SMILES string of the molecule is O=C(Cc1ccn[nH]1)NCCc1nc(C(=O)O)cs1. The maximum absolute atomic E-state index is 11.5. The third kappa shape index (κ3) is 3.88. The van der Waals surface area contributed by atoms with Gasteiger partial charge in [-0.25, -0.2) is 9.78 Å². The van der Waals surface area contributed by atoms with E-state index < -0.39 is 5.97 Å². The first kappa shape index (κ1) is 13.2. The van der Waals surface area contributed by atoms with Gasteiger partial charge in [0.2, 0.25) is 5.91 Å². The van der Waals surface area contributed by atoms with Crippen molar-refractivity contribution in [1.29, 1.82) is 0 Å². The van der Waals surface area contributed by atoms with Gasteiger partial charge in [0.25, 0.3) is 0 Å². The average molecular weight is 280 g/mol. The minimum atomic E-state index is -1.04. The fraction of sp³-hybridized carbons (Fsp3) is 0.273. The van der Waals surface area contributed by atoms with Crippen molar-refractivity contribution in [2.24, 2.45) is 0 Å². The van der Waals surface area contributed by atoms with Crippen LogP contribution in [0.5, 0.6) is 0 Å². The largest absolute Gasteiger partial charge is 0.476 e. The number of thiazole rings is 1. The number of aromatic nitrogens is 3. The molecule has 0 spiro atoms. The molecule has 8 heteroatoms. The van der Waals surface area contributed by atoms with Gasteiger partial charge in [-0.15, -0.1) is 11.3 Å². The van der Waals surface area contributed by atoms with Gasteiger partial charge in [0, 0.05) is 30.2 Å². The van der Waals surface area contributed by atoms with E-state index >= 15 is 0 Å². The Morgan fingerprint density at radius 1 is 1.47 bits per heavy atom. The quantitative estimate of drug-likeness (QED) is 0.712. The Hall–Kier alpha value is -2.22. The van der Waals surface area contributed by atoms with Crippen LogP contribution in [0.25, 0.3) is 0 Å². The van der Waals surface area contributed by atoms with Crippen molar-refractivity contribution >= 4 is 23.2 Å². The molecule has 0 unspecified atom stereocenters. The van der Waals surface area contributed by atoms with Gasteiger partial charge < -0.3 is 10.4 Å². The van der Waals surface area contributed by atoms with Crippen LogP contribution in [-0.2, 0) is 17.6 Å². The van der Waals surface area contributed by atoms with Crippen LogP contribution in [0.2, 0.25) is 0 Å². The first-order valence-corrected chi connectivity index (χ1v) is 6.46. The maximum Gasteiger partial charge on any atom is 0.355 e. The van der Waals surface area contributed by atoms with Crippen molar-refractivity contribution in [2.45, 2.75) is 12.8 Å². The standard InChI is InChI=1S/C11H12N4O3S/c16-9(5-7-1-4-13-15-7)12-3-2-10-14-8(6-19-10)11(17)18/h1,4,6H,2-3,5H2,(H,12,16)(H,13,15)(H,17,18). The van der Waals surface area contributed by atoms with E-state index in [0.29, 0.717) is 18.0 Å². The predicted molar refractivity (Wildman–Crippen MR) is 68.1 cm³/mol. The Kier molecular flexibility index (Phi) is 4.24. The third-order valence-corrected chi connectivity index (χ3v) is 3.25. The second-order valence-corrected chi connectivity index (χ2v) is 4.73. The summed E-state index contributed by atoms with van der Waals surface area (Å²) in [6.45, 7) is 0.430. The Morgan fingerprint density at radius 2 is 2.32 bits per heavy atom. The number of hydrogen-bond acceptors (Lipinski definition) is 5. The minimum absolute atomic E-state index is 0.0452. The van der Waals surface area contributed by atoms with Crippen molar-refractivity contribution in [1.82, 2.24) is 20.5 Å². The molecular formula is C11H12N4O3S. The van der Waals surface area contributed by atoms with Crippen LogP contribution in [0, 0.1) is 0 Å². The predicted octanol–water partition coefficient (Wildman–Crippen LogP) is 0.466. The number of carboxylic acids is 1. The second-order valence-electron chi connectivity index (χ2n) is 3.79. The molecule has 0 saturated carbocycles. The van der Waals surface area contributed by atoms with Crippen molar-refractivity contribution in [3.05, 3.63) is 34.0 Å². The monoisotopic (exact) mass is 280 g/mol. The van der Waals surface area contributed by atoms with Gasteiger partial charge >= 0.3 is 5.97 Å². The molecule has 0 aliphatic carbocycles. The molecule has 2 aromatic heterocycles. The Labute approximate surface area is 112 Å². The van der Waals surface area contributed by atoms with E-state index in [2.05, 4.69) is 20.5 Å². The lowest BCUT2D eigenvalue weighted by Gasteiger charge is -2.02. The minimum Gasteiger partial charge on any atom is -0.476 e. The van der Waals surface area contributed by atoms with Crippen LogP contribution in [0.3, 0.4) is 0 Å². The highest BCUT2D eigenvalue weighted by Crippen LogP contribution is 2.09. The van der Waals surface area contributed by atoms with Crippen LogP contribution in [0.4, 0.5) is 0 Å². The lowest BCUT2D eigenvalue weighted by atomic mass is 10.3. The first-order chi connectivity index (χ1) is 9.15. The summed E-state index contributed by atoms with van der Waals surface area (Å²) in [5, 5.41) is 20.1. The zero-order valence-corrected chi connectivity index (χ0v) is 10.7. The van der Waals surface area contributed by atoms with Crippen molar-refractivity contribution < 1.29 is 14.7 Å². The lowest BCUT2D eigenvalue weighted by Crippen LogP contribution is -2.27. The molecule has 0 radical (unpaired) electrons. The molecule has 19 heavy (non-hydrogen) atoms. The molecule has 2 aromatic rings. The summed E-state index contributed by atoms with van der Waals surface area (Å²) in [7, 11) is 0. The molecule has 100 valence electrons. The van der Waals surface area contributed by atoms with E-state index in [9.17, 15) is 9.59 Å². The third-order valence-electron chi connectivity index (χ3n) is 2.34. The summed E-state index contributed by atoms with van der Waals surface area (Å²) in [5.74, 6) is -1.15. The molecule has 0 aromatic carbocycles. The van der Waals surface area contributed by atoms with Crippen molar-refractivity contribution in [2.75, 3.05) is 6.54 Å². The van der Waals surface area contributed by atoms with Crippen LogP contribution in [0.15, 0.2) is 17.6 Å². The number of nitrogens with one attached hydrogen (secondary N) is 2. The number of carboxylic acid groups (broad SMARTS) is 1. The lowest BCUT2D eigenvalue weighted by molar-refractivity contribution is -0.120. The molecule has 0 aliphatic heterocycles. The molecule has 0 fully saturated rings. The molecule has 2 rings (SSSR count).